The second kappa shape index (κ2) is 8.78. The van der Waals surface area contributed by atoms with Crippen LogP contribution in [0.25, 0.3) is 0 Å². The van der Waals surface area contributed by atoms with Gasteiger partial charge in [0.1, 0.15) is 6.07 Å². The fourth-order valence-corrected chi connectivity index (χ4v) is 4.09. The Kier molecular flexibility index (Phi) is 5.93. The minimum atomic E-state index is -0.175. The number of rotatable bonds is 5. The molecule has 6 nitrogen and oxygen atoms in total. The maximum absolute atomic E-state index is 12.7. The smallest absolute Gasteiger partial charge is 0.292 e. The summed E-state index contributed by atoms with van der Waals surface area (Å²) in [5.74, 6) is 0.0558. The summed E-state index contributed by atoms with van der Waals surface area (Å²) in [7, 11) is 0. The van der Waals surface area contributed by atoms with E-state index in [0.29, 0.717) is 35.2 Å². The lowest BCUT2D eigenvalue weighted by Crippen LogP contribution is -2.38. The summed E-state index contributed by atoms with van der Waals surface area (Å²) in [5.41, 5.74) is 2.27. The SMILES string of the molecule is N#Cc1ccc(N(Cc2ccccc2Cl)[C@H]2CCN(C(=O)c3ccno3)C2)cc1Cl. The van der Waals surface area contributed by atoms with Crippen molar-refractivity contribution < 1.29 is 9.32 Å². The summed E-state index contributed by atoms with van der Waals surface area (Å²) >= 11 is 12.7. The van der Waals surface area contributed by atoms with Crippen molar-refractivity contribution in [3.8, 4) is 6.07 Å². The molecular weight excluding hydrogens is 423 g/mol. The summed E-state index contributed by atoms with van der Waals surface area (Å²) in [6, 6.07) is 16.8. The van der Waals surface area contributed by atoms with Gasteiger partial charge in [-0.1, -0.05) is 46.6 Å². The highest BCUT2D eigenvalue weighted by Crippen LogP contribution is 2.31. The molecule has 2 heterocycles. The molecule has 0 saturated carbocycles. The van der Waals surface area contributed by atoms with Gasteiger partial charge in [-0.25, -0.2) is 0 Å². The van der Waals surface area contributed by atoms with Crippen LogP contribution in [-0.4, -0.2) is 35.1 Å². The molecule has 1 fully saturated rings. The van der Waals surface area contributed by atoms with Crippen LogP contribution in [0.4, 0.5) is 5.69 Å². The molecular formula is C22H18Cl2N4O2. The molecule has 0 unspecified atom stereocenters. The first-order chi connectivity index (χ1) is 14.6. The maximum atomic E-state index is 12.7. The zero-order valence-electron chi connectivity index (χ0n) is 16.0. The molecule has 1 aliphatic heterocycles. The number of nitrogens with zero attached hydrogens (tertiary/aromatic N) is 4. The largest absolute Gasteiger partial charge is 0.362 e. The number of carbonyl (C=O) groups is 1. The van der Waals surface area contributed by atoms with E-state index in [0.717, 1.165) is 17.7 Å². The van der Waals surface area contributed by atoms with Gasteiger partial charge in [-0.05, 0) is 36.2 Å². The standard InChI is InChI=1S/C22H18Cl2N4O2/c23-19-4-2-1-3-16(19)13-28(17-6-5-15(12-25)20(24)11-17)18-8-10-27(14-18)22(29)21-7-9-26-30-21/h1-7,9,11,18H,8,10,13-14H2/t18-/m0/s1. The first-order valence-electron chi connectivity index (χ1n) is 9.46. The van der Waals surface area contributed by atoms with Gasteiger partial charge in [0.05, 0.1) is 16.8 Å². The van der Waals surface area contributed by atoms with E-state index in [1.54, 1.807) is 23.1 Å². The predicted molar refractivity (Wildman–Crippen MR) is 115 cm³/mol. The van der Waals surface area contributed by atoms with E-state index in [9.17, 15) is 10.1 Å². The van der Waals surface area contributed by atoms with Crippen LogP contribution in [0.1, 0.15) is 28.1 Å². The van der Waals surface area contributed by atoms with Crippen LogP contribution >= 0.6 is 23.2 Å². The Bertz CT molecular complexity index is 1090. The lowest BCUT2D eigenvalue weighted by atomic mass is 10.1. The van der Waals surface area contributed by atoms with Gasteiger partial charge >= 0.3 is 0 Å². The van der Waals surface area contributed by atoms with Crippen molar-refractivity contribution in [1.29, 1.82) is 5.26 Å². The van der Waals surface area contributed by atoms with Crippen LogP contribution in [0.15, 0.2) is 59.3 Å². The lowest BCUT2D eigenvalue weighted by molar-refractivity contribution is 0.0749. The lowest BCUT2D eigenvalue weighted by Gasteiger charge is -2.32. The monoisotopic (exact) mass is 440 g/mol. The van der Waals surface area contributed by atoms with Gasteiger partial charge < -0.3 is 14.3 Å². The second-order valence-corrected chi connectivity index (χ2v) is 7.88. The Morgan fingerprint density at radius 3 is 2.77 bits per heavy atom. The summed E-state index contributed by atoms with van der Waals surface area (Å²) < 4.78 is 5.02. The molecule has 8 heteroatoms. The first-order valence-corrected chi connectivity index (χ1v) is 10.2. The number of likely N-dealkylation sites (tertiary alicyclic amines) is 1. The van der Waals surface area contributed by atoms with Gasteiger partial charge in [-0.2, -0.15) is 5.26 Å². The molecule has 4 rings (SSSR count). The normalized spacial score (nSPS) is 15.8. The average Bonchev–Trinajstić information content (AvgIpc) is 3.45. The van der Waals surface area contributed by atoms with Crippen molar-refractivity contribution in [2.24, 2.45) is 0 Å². The molecule has 0 radical (unpaired) electrons. The summed E-state index contributed by atoms with van der Waals surface area (Å²) in [5, 5.41) is 13.9. The number of carbonyl (C=O) groups excluding carboxylic acids is 1. The fourth-order valence-electron chi connectivity index (χ4n) is 3.68. The van der Waals surface area contributed by atoms with Gasteiger partial charge in [0.2, 0.25) is 5.76 Å². The second-order valence-electron chi connectivity index (χ2n) is 7.07. The van der Waals surface area contributed by atoms with Crippen molar-refractivity contribution in [3.05, 3.63) is 81.7 Å². The number of anilines is 1. The van der Waals surface area contributed by atoms with Gasteiger partial charge in [-0.15, -0.1) is 0 Å². The van der Waals surface area contributed by atoms with Gasteiger partial charge in [-0.3, -0.25) is 4.79 Å². The Morgan fingerprint density at radius 1 is 1.23 bits per heavy atom. The highest BCUT2D eigenvalue weighted by Gasteiger charge is 2.32. The van der Waals surface area contributed by atoms with E-state index in [2.05, 4.69) is 16.1 Å². The third kappa shape index (κ3) is 4.13. The van der Waals surface area contributed by atoms with Crippen molar-refractivity contribution in [1.82, 2.24) is 10.1 Å². The van der Waals surface area contributed by atoms with E-state index in [1.807, 2.05) is 30.3 Å². The third-order valence-corrected chi connectivity index (χ3v) is 5.92. The quantitative estimate of drug-likeness (QED) is 0.570. The van der Waals surface area contributed by atoms with E-state index in [4.69, 9.17) is 27.7 Å². The number of hydrogen-bond acceptors (Lipinski definition) is 5. The average molecular weight is 441 g/mol. The number of benzene rings is 2. The molecule has 0 aliphatic carbocycles. The minimum absolute atomic E-state index is 0.0529. The Hall–Kier alpha value is -3.01. The van der Waals surface area contributed by atoms with E-state index in [1.165, 1.54) is 6.20 Å². The predicted octanol–water partition coefficient (Wildman–Crippen LogP) is 4.77. The van der Waals surface area contributed by atoms with Crippen LogP contribution in [0.3, 0.4) is 0 Å². The van der Waals surface area contributed by atoms with Crippen LogP contribution in [0.5, 0.6) is 0 Å². The zero-order chi connectivity index (χ0) is 21.1. The summed E-state index contributed by atoms with van der Waals surface area (Å²) in [6.07, 6.45) is 2.24. The van der Waals surface area contributed by atoms with Crippen molar-refractivity contribution in [3.63, 3.8) is 0 Å². The van der Waals surface area contributed by atoms with Crippen LogP contribution < -0.4 is 4.90 Å². The number of aromatic nitrogens is 1. The van der Waals surface area contributed by atoms with Crippen LogP contribution in [0, 0.1) is 11.3 Å². The number of hydrogen-bond donors (Lipinski definition) is 0. The molecule has 1 aromatic heterocycles. The van der Waals surface area contributed by atoms with Gasteiger partial charge in [0.25, 0.3) is 5.91 Å². The Morgan fingerprint density at radius 2 is 2.07 bits per heavy atom. The van der Waals surface area contributed by atoms with Gasteiger partial charge in [0.15, 0.2) is 0 Å². The molecule has 1 saturated heterocycles. The fraction of sp³-hybridized carbons (Fsp3) is 0.227. The molecule has 1 aliphatic rings. The highest BCUT2D eigenvalue weighted by atomic mass is 35.5. The van der Waals surface area contributed by atoms with E-state index < -0.39 is 0 Å². The number of nitriles is 1. The van der Waals surface area contributed by atoms with Crippen molar-refractivity contribution >= 4 is 34.8 Å². The molecule has 30 heavy (non-hydrogen) atoms. The molecule has 152 valence electrons. The van der Waals surface area contributed by atoms with E-state index in [-0.39, 0.29) is 17.7 Å². The Balaban J connectivity index is 1.62. The zero-order valence-corrected chi connectivity index (χ0v) is 17.5. The molecule has 2 aromatic carbocycles. The molecule has 0 spiro atoms. The summed E-state index contributed by atoms with van der Waals surface area (Å²) in [4.78, 5) is 16.6. The van der Waals surface area contributed by atoms with Crippen LogP contribution in [-0.2, 0) is 6.54 Å². The molecule has 0 N–H and O–H groups in total. The molecule has 0 bridgehead atoms. The summed E-state index contributed by atoms with van der Waals surface area (Å²) in [6.45, 7) is 1.69. The highest BCUT2D eigenvalue weighted by molar-refractivity contribution is 6.32. The van der Waals surface area contributed by atoms with Gasteiger partial charge in [0, 0.05) is 42.5 Å². The van der Waals surface area contributed by atoms with E-state index >= 15 is 0 Å². The third-order valence-electron chi connectivity index (χ3n) is 5.24. The molecule has 1 atom stereocenters. The topological polar surface area (TPSA) is 73.4 Å². The maximum Gasteiger partial charge on any atom is 0.292 e. The molecule has 1 amide bonds. The minimum Gasteiger partial charge on any atom is -0.362 e. The van der Waals surface area contributed by atoms with Crippen molar-refractivity contribution in [2.75, 3.05) is 18.0 Å². The molecule has 3 aromatic rings. The first kappa shape index (κ1) is 20.3. The van der Waals surface area contributed by atoms with Crippen molar-refractivity contribution in [2.45, 2.75) is 19.0 Å². The Labute approximate surface area is 184 Å². The number of halogens is 2. The number of amides is 1. The van der Waals surface area contributed by atoms with Crippen LogP contribution in [0.2, 0.25) is 10.0 Å².